The van der Waals surface area contributed by atoms with E-state index in [0.29, 0.717) is 24.3 Å². The summed E-state index contributed by atoms with van der Waals surface area (Å²) in [5.74, 6) is -3.16. The SMILES string of the molecule is CC(O)C(N)C(=O)N(C(=O)C(N)CCCCN)C(C)C(=O)O. The minimum Gasteiger partial charge on any atom is -0.480 e. The molecule has 9 heteroatoms. The van der Waals surface area contributed by atoms with Crippen LogP contribution in [0.2, 0.25) is 0 Å². The van der Waals surface area contributed by atoms with Crippen molar-refractivity contribution in [3.8, 4) is 0 Å². The van der Waals surface area contributed by atoms with Gasteiger partial charge in [0.25, 0.3) is 0 Å². The molecule has 0 aliphatic carbocycles. The number of amides is 2. The Morgan fingerprint density at radius 2 is 1.64 bits per heavy atom. The second-order valence-electron chi connectivity index (χ2n) is 5.22. The van der Waals surface area contributed by atoms with E-state index in [1.54, 1.807) is 0 Å². The minimum absolute atomic E-state index is 0.274. The van der Waals surface area contributed by atoms with Gasteiger partial charge in [0.15, 0.2) is 0 Å². The van der Waals surface area contributed by atoms with Crippen LogP contribution in [0.15, 0.2) is 0 Å². The summed E-state index contributed by atoms with van der Waals surface area (Å²) in [6.45, 7) is 2.90. The number of imide groups is 1. The van der Waals surface area contributed by atoms with Crippen LogP contribution in [0, 0.1) is 0 Å². The Hall–Kier alpha value is -1.55. The molecule has 8 N–H and O–H groups in total. The van der Waals surface area contributed by atoms with Gasteiger partial charge in [-0.05, 0) is 33.2 Å². The predicted molar refractivity (Wildman–Crippen MR) is 79.5 cm³/mol. The van der Waals surface area contributed by atoms with E-state index in [0.717, 1.165) is 0 Å². The third-order valence-electron chi connectivity index (χ3n) is 3.31. The molecule has 4 unspecified atom stereocenters. The number of aliphatic carboxylic acids is 1. The first-order valence-corrected chi connectivity index (χ1v) is 7.14. The van der Waals surface area contributed by atoms with Crippen molar-refractivity contribution >= 4 is 17.8 Å². The Bertz CT molecular complexity index is 402. The van der Waals surface area contributed by atoms with Gasteiger partial charge in [0.2, 0.25) is 11.8 Å². The molecule has 0 saturated heterocycles. The van der Waals surface area contributed by atoms with Crippen LogP contribution in [-0.2, 0) is 14.4 Å². The highest BCUT2D eigenvalue weighted by molar-refractivity contribution is 6.03. The van der Waals surface area contributed by atoms with Gasteiger partial charge in [-0.15, -0.1) is 0 Å². The number of carboxylic acids is 1. The Labute approximate surface area is 129 Å². The number of nitrogens with zero attached hydrogens (tertiary/aromatic N) is 1. The highest BCUT2D eigenvalue weighted by Gasteiger charge is 2.37. The lowest BCUT2D eigenvalue weighted by Gasteiger charge is -2.30. The zero-order chi connectivity index (χ0) is 17.4. The van der Waals surface area contributed by atoms with E-state index in [1.165, 1.54) is 13.8 Å². The van der Waals surface area contributed by atoms with Crippen LogP contribution >= 0.6 is 0 Å². The molecule has 128 valence electrons. The number of aliphatic hydroxyl groups is 1. The fourth-order valence-electron chi connectivity index (χ4n) is 1.78. The Morgan fingerprint density at radius 3 is 2.05 bits per heavy atom. The molecule has 0 heterocycles. The normalized spacial score (nSPS) is 16.5. The molecule has 0 aromatic heterocycles. The standard InChI is InChI=1S/C13H26N4O5/c1-7(13(21)22)17(12(20)10(16)8(2)18)11(19)9(15)5-3-4-6-14/h7-10,18H,3-6,14-16H2,1-2H3,(H,21,22). The zero-order valence-corrected chi connectivity index (χ0v) is 12.9. The molecule has 0 rings (SSSR count). The molecule has 2 amide bonds. The monoisotopic (exact) mass is 318 g/mol. The maximum atomic E-state index is 12.3. The van der Waals surface area contributed by atoms with Crippen molar-refractivity contribution in [3.63, 3.8) is 0 Å². The van der Waals surface area contributed by atoms with Gasteiger partial charge in [0.05, 0.1) is 12.1 Å². The Kier molecular flexibility index (Phi) is 8.80. The first-order valence-electron chi connectivity index (χ1n) is 7.14. The van der Waals surface area contributed by atoms with Gasteiger partial charge >= 0.3 is 5.97 Å². The van der Waals surface area contributed by atoms with Crippen molar-refractivity contribution in [1.29, 1.82) is 0 Å². The highest BCUT2D eigenvalue weighted by atomic mass is 16.4. The van der Waals surface area contributed by atoms with Gasteiger partial charge in [-0.2, -0.15) is 0 Å². The van der Waals surface area contributed by atoms with E-state index < -0.39 is 42.0 Å². The number of carbonyl (C=O) groups excluding carboxylic acids is 2. The van der Waals surface area contributed by atoms with Gasteiger partial charge in [-0.25, -0.2) is 4.79 Å². The summed E-state index contributed by atoms with van der Waals surface area (Å²) in [4.78, 5) is 36.1. The summed E-state index contributed by atoms with van der Waals surface area (Å²) in [6, 6.07) is -3.86. The average molecular weight is 318 g/mol. The van der Waals surface area contributed by atoms with Crippen molar-refractivity contribution in [3.05, 3.63) is 0 Å². The van der Waals surface area contributed by atoms with Crippen molar-refractivity contribution in [2.75, 3.05) is 6.54 Å². The van der Waals surface area contributed by atoms with E-state index in [-0.39, 0.29) is 6.42 Å². The number of hydrogen-bond acceptors (Lipinski definition) is 7. The first kappa shape index (κ1) is 20.5. The molecule has 0 spiro atoms. The molecule has 22 heavy (non-hydrogen) atoms. The van der Waals surface area contributed by atoms with Crippen LogP contribution in [0.5, 0.6) is 0 Å². The Morgan fingerprint density at radius 1 is 1.09 bits per heavy atom. The van der Waals surface area contributed by atoms with Crippen LogP contribution in [0.25, 0.3) is 0 Å². The maximum Gasteiger partial charge on any atom is 0.326 e. The first-order chi connectivity index (χ1) is 10.1. The molecule has 9 nitrogen and oxygen atoms in total. The number of unbranched alkanes of at least 4 members (excludes halogenated alkanes) is 1. The summed E-state index contributed by atoms with van der Waals surface area (Å²) in [6.07, 6.45) is 0.291. The predicted octanol–water partition coefficient (Wildman–Crippen LogP) is -2.02. The summed E-state index contributed by atoms with van der Waals surface area (Å²) in [5.41, 5.74) is 16.6. The topological polar surface area (TPSA) is 173 Å². The summed E-state index contributed by atoms with van der Waals surface area (Å²) in [7, 11) is 0. The fraction of sp³-hybridized carbons (Fsp3) is 0.769. The second-order valence-corrected chi connectivity index (χ2v) is 5.22. The molecule has 0 aliphatic rings. The van der Waals surface area contributed by atoms with Crippen molar-refractivity contribution in [2.24, 2.45) is 17.2 Å². The van der Waals surface area contributed by atoms with E-state index in [9.17, 15) is 19.5 Å². The number of nitrogens with two attached hydrogens (primary N) is 3. The Balaban J connectivity index is 5.19. The molecule has 0 aromatic rings. The number of aliphatic hydroxyl groups excluding tert-OH is 1. The molecular weight excluding hydrogens is 292 g/mol. The van der Waals surface area contributed by atoms with Crippen LogP contribution in [0.4, 0.5) is 0 Å². The third kappa shape index (κ3) is 5.68. The average Bonchev–Trinajstić information content (AvgIpc) is 2.45. The molecule has 0 aromatic carbocycles. The maximum absolute atomic E-state index is 12.3. The molecule has 0 saturated carbocycles. The number of carboxylic acid groups (broad SMARTS) is 1. The van der Waals surface area contributed by atoms with Crippen LogP contribution in [0.1, 0.15) is 33.1 Å². The third-order valence-corrected chi connectivity index (χ3v) is 3.31. The zero-order valence-electron chi connectivity index (χ0n) is 12.9. The summed E-state index contributed by atoms with van der Waals surface area (Å²) >= 11 is 0. The highest BCUT2D eigenvalue weighted by Crippen LogP contribution is 2.10. The second kappa shape index (κ2) is 9.46. The van der Waals surface area contributed by atoms with Gasteiger partial charge < -0.3 is 27.4 Å². The lowest BCUT2D eigenvalue weighted by atomic mass is 10.1. The van der Waals surface area contributed by atoms with Gasteiger partial charge in [0, 0.05) is 0 Å². The molecule has 4 atom stereocenters. The number of hydrogen-bond donors (Lipinski definition) is 5. The largest absolute Gasteiger partial charge is 0.480 e. The molecule has 0 radical (unpaired) electrons. The van der Waals surface area contributed by atoms with Crippen LogP contribution in [0.3, 0.4) is 0 Å². The van der Waals surface area contributed by atoms with E-state index >= 15 is 0 Å². The van der Waals surface area contributed by atoms with Gasteiger partial charge in [-0.1, -0.05) is 6.42 Å². The lowest BCUT2D eigenvalue weighted by Crippen LogP contribution is -2.59. The van der Waals surface area contributed by atoms with Crippen LogP contribution in [-0.4, -0.2) is 63.7 Å². The van der Waals surface area contributed by atoms with Gasteiger partial charge in [0.1, 0.15) is 12.1 Å². The van der Waals surface area contributed by atoms with Crippen molar-refractivity contribution in [2.45, 2.75) is 57.3 Å². The minimum atomic E-state index is -1.43. The van der Waals surface area contributed by atoms with Gasteiger partial charge in [-0.3, -0.25) is 14.5 Å². The summed E-state index contributed by atoms with van der Waals surface area (Å²) < 4.78 is 0. The van der Waals surface area contributed by atoms with Crippen molar-refractivity contribution in [1.82, 2.24) is 4.90 Å². The molecule has 0 aliphatic heterocycles. The quantitative estimate of drug-likeness (QED) is 0.303. The van der Waals surface area contributed by atoms with E-state index in [2.05, 4.69) is 0 Å². The number of carbonyl (C=O) groups is 3. The fourth-order valence-corrected chi connectivity index (χ4v) is 1.78. The molecule has 0 fully saturated rings. The van der Waals surface area contributed by atoms with E-state index in [1.807, 2.05) is 0 Å². The lowest BCUT2D eigenvalue weighted by molar-refractivity contribution is -0.159. The number of rotatable bonds is 9. The van der Waals surface area contributed by atoms with E-state index in [4.69, 9.17) is 22.3 Å². The summed E-state index contributed by atoms with van der Waals surface area (Å²) in [5, 5.41) is 18.4. The van der Waals surface area contributed by atoms with Crippen molar-refractivity contribution < 1.29 is 24.6 Å². The smallest absolute Gasteiger partial charge is 0.326 e. The molecule has 0 bridgehead atoms. The molecular formula is C13H26N4O5. The van der Waals surface area contributed by atoms with Crippen LogP contribution < -0.4 is 17.2 Å².